The van der Waals surface area contributed by atoms with Gasteiger partial charge in [0.2, 0.25) is 0 Å². The Bertz CT molecular complexity index is 436. The predicted molar refractivity (Wildman–Crippen MR) is 62.3 cm³/mol. The molecule has 2 heterocycles. The van der Waals surface area contributed by atoms with Gasteiger partial charge in [-0.2, -0.15) is 13.2 Å². The maximum absolute atomic E-state index is 12.5. The first-order valence-corrected chi connectivity index (χ1v) is 6.34. The van der Waals surface area contributed by atoms with Crippen LogP contribution in [0.25, 0.3) is 0 Å². The summed E-state index contributed by atoms with van der Waals surface area (Å²) >= 11 is 1.10. The first-order chi connectivity index (χ1) is 8.38. The molecule has 0 saturated carbocycles. The maximum atomic E-state index is 12.5. The van der Waals surface area contributed by atoms with Gasteiger partial charge < -0.3 is 10.0 Å². The second-order valence-corrected chi connectivity index (χ2v) is 5.31. The third kappa shape index (κ3) is 2.77. The Morgan fingerprint density at radius 3 is 2.39 bits per heavy atom. The lowest BCUT2D eigenvalue weighted by Crippen LogP contribution is -2.38. The largest absolute Gasteiger partial charge is 0.477 e. The van der Waals surface area contributed by atoms with E-state index >= 15 is 0 Å². The Morgan fingerprint density at radius 1 is 1.33 bits per heavy atom. The Morgan fingerprint density at radius 2 is 1.94 bits per heavy atom. The molecule has 0 radical (unpaired) electrons. The molecule has 3 nitrogen and oxygen atoms in total. The van der Waals surface area contributed by atoms with E-state index in [0.717, 1.165) is 16.3 Å². The SMILES string of the molecule is O=C(O)c1ccc(N2CCC(C(F)(F)F)CC2)s1. The number of hydrogen-bond donors (Lipinski definition) is 1. The number of nitrogens with zero attached hydrogens (tertiary/aromatic N) is 1. The number of halogens is 3. The van der Waals surface area contributed by atoms with Gasteiger partial charge in [-0.25, -0.2) is 4.79 Å². The van der Waals surface area contributed by atoms with E-state index in [2.05, 4.69) is 0 Å². The Balaban J connectivity index is 1.99. The molecule has 1 N–H and O–H groups in total. The zero-order chi connectivity index (χ0) is 13.3. The highest BCUT2D eigenvalue weighted by molar-refractivity contribution is 7.17. The summed E-state index contributed by atoms with van der Waals surface area (Å²) in [6.45, 7) is 0.646. The molecule has 1 aromatic rings. The third-order valence-corrected chi connectivity index (χ3v) is 4.21. The van der Waals surface area contributed by atoms with Crippen LogP contribution in [-0.2, 0) is 0 Å². The molecule has 0 bridgehead atoms. The average molecular weight is 279 g/mol. The summed E-state index contributed by atoms with van der Waals surface area (Å²) in [5.74, 6) is -2.23. The zero-order valence-electron chi connectivity index (χ0n) is 9.41. The molecule has 1 saturated heterocycles. The van der Waals surface area contributed by atoms with Crippen LogP contribution in [0, 0.1) is 5.92 Å². The van der Waals surface area contributed by atoms with Crippen LogP contribution in [0.1, 0.15) is 22.5 Å². The van der Waals surface area contributed by atoms with Gasteiger partial charge in [-0.3, -0.25) is 0 Å². The Hall–Kier alpha value is -1.24. The highest BCUT2D eigenvalue weighted by Gasteiger charge is 2.41. The van der Waals surface area contributed by atoms with E-state index in [1.54, 1.807) is 6.07 Å². The van der Waals surface area contributed by atoms with Crippen molar-refractivity contribution in [1.29, 1.82) is 0 Å². The number of carbonyl (C=O) groups is 1. The minimum atomic E-state index is -4.12. The maximum Gasteiger partial charge on any atom is 0.391 e. The molecular weight excluding hydrogens is 267 g/mol. The van der Waals surface area contributed by atoms with Gasteiger partial charge in [-0.05, 0) is 25.0 Å². The predicted octanol–water partition coefficient (Wildman–Crippen LogP) is 3.23. The Labute approximate surface area is 106 Å². The van der Waals surface area contributed by atoms with Crippen molar-refractivity contribution in [1.82, 2.24) is 0 Å². The number of piperidine rings is 1. The van der Waals surface area contributed by atoms with Gasteiger partial charge in [0.1, 0.15) is 4.88 Å². The molecule has 0 aromatic carbocycles. The van der Waals surface area contributed by atoms with Crippen molar-refractivity contribution in [2.45, 2.75) is 19.0 Å². The molecule has 0 aliphatic carbocycles. The molecule has 18 heavy (non-hydrogen) atoms. The zero-order valence-corrected chi connectivity index (χ0v) is 10.2. The molecule has 2 rings (SSSR count). The Kier molecular flexibility index (Phi) is 3.52. The second kappa shape index (κ2) is 4.79. The summed E-state index contributed by atoms with van der Waals surface area (Å²) < 4.78 is 37.5. The molecular formula is C11H12F3NO2S. The van der Waals surface area contributed by atoms with Gasteiger partial charge in [0.05, 0.1) is 10.9 Å². The van der Waals surface area contributed by atoms with Gasteiger partial charge in [0, 0.05) is 13.1 Å². The fraction of sp³-hybridized carbons (Fsp3) is 0.545. The van der Waals surface area contributed by atoms with Crippen LogP contribution in [0.4, 0.5) is 18.2 Å². The topological polar surface area (TPSA) is 40.5 Å². The van der Waals surface area contributed by atoms with Crippen molar-refractivity contribution < 1.29 is 23.1 Å². The first kappa shape index (κ1) is 13.2. The standard InChI is InChI=1S/C11H12F3NO2S/c12-11(13,14)7-3-5-15(6-4-7)9-2-1-8(18-9)10(16)17/h1-2,7H,3-6H2,(H,16,17). The van der Waals surface area contributed by atoms with Crippen molar-refractivity contribution in [2.75, 3.05) is 18.0 Å². The van der Waals surface area contributed by atoms with Gasteiger partial charge in [-0.1, -0.05) is 0 Å². The van der Waals surface area contributed by atoms with Crippen molar-refractivity contribution >= 4 is 22.3 Å². The van der Waals surface area contributed by atoms with Crippen LogP contribution in [0.2, 0.25) is 0 Å². The third-order valence-electron chi connectivity index (χ3n) is 3.07. The number of aromatic carboxylic acids is 1. The lowest BCUT2D eigenvalue weighted by atomic mass is 9.96. The molecule has 7 heteroatoms. The normalized spacial score (nSPS) is 18.1. The number of thiophene rings is 1. The lowest BCUT2D eigenvalue weighted by molar-refractivity contribution is -0.179. The molecule has 100 valence electrons. The van der Waals surface area contributed by atoms with Crippen molar-refractivity contribution in [2.24, 2.45) is 5.92 Å². The number of alkyl halides is 3. The van der Waals surface area contributed by atoms with Crippen molar-refractivity contribution in [3.05, 3.63) is 17.0 Å². The molecule has 0 amide bonds. The fourth-order valence-electron chi connectivity index (χ4n) is 2.04. The van der Waals surface area contributed by atoms with Gasteiger partial charge in [-0.15, -0.1) is 11.3 Å². The van der Waals surface area contributed by atoms with E-state index in [1.165, 1.54) is 6.07 Å². The van der Waals surface area contributed by atoms with Crippen LogP contribution in [0.5, 0.6) is 0 Å². The summed E-state index contributed by atoms with van der Waals surface area (Å²) in [4.78, 5) is 12.8. The van der Waals surface area contributed by atoms with E-state index in [9.17, 15) is 18.0 Å². The lowest BCUT2D eigenvalue weighted by Gasteiger charge is -2.33. The molecule has 1 fully saturated rings. The minimum absolute atomic E-state index is 0.0732. The van der Waals surface area contributed by atoms with Gasteiger partial charge >= 0.3 is 12.1 Å². The number of carboxylic acid groups (broad SMARTS) is 1. The second-order valence-electron chi connectivity index (χ2n) is 4.25. The highest BCUT2D eigenvalue weighted by Crippen LogP contribution is 2.36. The molecule has 1 aliphatic rings. The quantitative estimate of drug-likeness (QED) is 0.903. The summed E-state index contributed by atoms with van der Waals surface area (Å²) in [5.41, 5.74) is 0. The molecule has 1 aromatic heterocycles. The van der Waals surface area contributed by atoms with E-state index in [-0.39, 0.29) is 17.7 Å². The van der Waals surface area contributed by atoms with Crippen LogP contribution < -0.4 is 4.90 Å². The number of rotatable bonds is 2. The number of hydrogen-bond acceptors (Lipinski definition) is 3. The smallest absolute Gasteiger partial charge is 0.391 e. The van der Waals surface area contributed by atoms with Gasteiger partial charge in [0.15, 0.2) is 0 Å². The van der Waals surface area contributed by atoms with Crippen LogP contribution in [0.15, 0.2) is 12.1 Å². The van der Waals surface area contributed by atoms with Crippen molar-refractivity contribution in [3.63, 3.8) is 0 Å². The van der Waals surface area contributed by atoms with Crippen LogP contribution in [0.3, 0.4) is 0 Å². The minimum Gasteiger partial charge on any atom is -0.477 e. The molecule has 1 aliphatic heterocycles. The van der Waals surface area contributed by atoms with Crippen molar-refractivity contribution in [3.8, 4) is 0 Å². The summed E-state index contributed by atoms with van der Waals surface area (Å²) in [6, 6.07) is 3.14. The molecule has 0 atom stereocenters. The summed E-state index contributed by atoms with van der Waals surface area (Å²) in [7, 11) is 0. The first-order valence-electron chi connectivity index (χ1n) is 5.52. The fourth-order valence-corrected chi connectivity index (χ4v) is 2.94. The van der Waals surface area contributed by atoms with E-state index in [0.29, 0.717) is 13.1 Å². The van der Waals surface area contributed by atoms with E-state index < -0.39 is 18.1 Å². The van der Waals surface area contributed by atoms with Gasteiger partial charge in [0.25, 0.3) is 0 Å². The monoisotopic (exact) mass is 279 g/mol. The van der Waals surface area contributed by atoms with E-state index in [1.807, 2.05) is 4.90 Å². The average Bonchev–Trinajstić information content (AvgIpc) is 2.77. The number of anilines is 1. The van der Waals surface area contributed by atoms with E-state index in [4.69, 9.17) is 5.11 Å². The van der Waals surface area contributed by atoms with Crippen LogP contribution in [-0.4, -0.2) is 30.3 Å². The highest BCUT2D eigenvalue weighted by atomic mass is 32.1. The summed E-state index contributed by atoms with van der Waals surface area (Å²) in [6.07, 6.45) is -3.97. The molecule has 0 unspecified atom stereocenters. The van der Waals surface area contributed by atoms with Crippen LogP contribution >= 0.6 is 11.3 Å². The number of carboxylic acids is 1. The molecule has 0 spiro atoms. The summed E-state index contributed by atoms with van der Waals surface area (Å²) in [5, 5.41) is 9.52.